The first kappa shape index (κ1) is 14.8. The predicted octanol–water partition coefficient (Wildman–Crippen LogP) is 1.56. The van der Waals surface area contributed by atoms with E-state index < -0.39 is 5.54 Å². The molecule has 0 saturated carbocycles. The number of ether oxygens (including phenoxy) is 1. The van der Waals surface area contributed by atoms with Crippen LogP contribution in [0, 0.1) is 0 Å². The van der Waals surface area contributed by atoms with E-state index in [-0.39, 0.29) is 5.91 Å². The maximum absolute atomic E-state index is 12.8. The van der Waals surface area contributed by atoms with Crippen LogP contribution in [0.3, 0.4) is 0 Å². The van der Waals surface area contributed by atoms with Gasteiger partial charge in [0.1, 0.15) is 0 Å². The molecule has 1 aliphatic heterocycles. The molecular weight excluding hydrogens is 306 g/mol. The summed E-state index contributed by atoms with van der Waals surface area (Å²) in [6, 6.07) is 13.5. The van der Waals surface area contributed by atoms with Crippen molar-refractivity contribution in [3.8, 4) is 0 Å². The lowest BCUT2D eigenvalue weighted by Crippen LogP contribution is -2.49. The average molecular weight is 323 g/mol. The lowest BCUT2D eigenvalue weighted by Gasteiger charge is -2.38. The van der Waals surface area contributed by atoms with E-state index in [1.165, 1.54) is 4.52 Å². The second-order valence-electron chi connectivity index (χ2n) is 5.91. The zero-order valence-electron chi connectivity index (χ0n) is 13.1. The van der Waals surface area contributed by atoms with Crippen molar-refractivity contribution in [2.75, 3.05) is 13.2 Å². The Bertz CT molecular complexity index is 856. The number of fused-ring (bicyclic) bond motifs is 1. The first-order valence-corrected chi connectivity index (χ1v) is 7.90. The van der Waals surface area contributed by atoms with E-state index in [1.807, 2.05) is 18.2 Å². The summed E-state index contributed by atoms with van der Waals surface area (Å²) >= 11 is 0. The number of nitrogens with zero attached hydrogens (tertiary/aromatic N) is 4. The molecule has 0 spiro atoms. The first-order chi connectivity index (χ1) is 11.8. The lowest BCUT2D eigenvalue weighted by atomic mass is 9.82. The molecule has 7 heteroatoms. The standard InChI is InChI=1S/C17H17N5O2/c23-16(13-6-7-15-19-20-21-22(15)12-13)18-17(8-10-24-11-9-17)14-4-2-1-3-5-14/h1-7,12H,8-11H2,(H,18,23). The van der Waals surface area contributed by atoms with Gasteiger partial charge in [-0.25, -0.2) is 0 Å². The number of hydrogen-bond donors (Lipinski definition) is 1. The molecule has 3 heterocycles. The highest BCUT2D eigenvalue weighted by Gasteiger charge is 2.36. The van der Waals surface area contributed by atoms with Gasteiger partial charge < -0.3 is 10.1 Å². The van der Waals surface area contributed by atoms with E-state index in [0.717, 1.165) is 18.4 Å². The fraction of sp³-hybridized carbons (Fsp3) is 0.294. The molecule has 2 aromatic heterocycles. The smallest absolute Gasteiger partial charge is 0.253 e. The van der Waals surface area contributed by atoms with Crippen molar-refractivity contribution in [3.63, 3.8) is 0 Å². The van der Waals surface area contributed by atoms with Crippen molar-refractivity contribution in [2.24, 2.45) is 0 Å². The minimum absolute atomic E-state index is 0.141. The Morgan fingerprint density at radius 3 is 2.71 bits per heavy atom. The van der Waals surface area contributed by atoms with Gasteiger partial charge in [0.2, 0.25) is 0 Å². The van der Waals surface area contributed by atoms with Gasteiger partial charge >= 0.3 is 0 Å². The third kappa shape index (κ3) is 2.63. The van der Waals surface area contributed by atoms with E-state index in [0.29, 0.717) is 24.4 Å². The molecular formula is C17H17N5O2. The van der Waals surface area contributed by atoms with Crippen LogP contribution in [0.1, 0.15) is 28.8 Å². The van der Waals surface area contributed by atoms with Crippen LogP contribution in [0.4, 0.5) is 0 Å². The number of benzene rings is 1. The summed E-state index contributed by atoms with van der Waals surface area (Å²) in [6.07, 6.45) is 3.13. The van der Waals surface area contributed by atoms with Gasteiger partial charge in [-0.1, -0.05) is 30.3 Å². The van der Waals surface area contributed by atoms with Gasteiger partial charge in [-0.15, -0.1) is 5.10 Å². The highest BCUT2D eigenvalue weighted by molar-refractivity contribution is 5.94. The van der Waals surface area contributed by atoms with Gasteiger partial charge in [-0.05, 0) is 41.0 Å². The van der Waals surface area contributed by atoms with Crippen LogP contribution in [0.2, 0.25) is 0 Å². The topological polar surface area (TPSA) is 81.4 Å². The molecule has 1 aromatic carbocycles. The Labute approximate surface area is 138 Å². The minimum Gasteiger partial charge on any atom is -0.381 e. The number of carbonyl (C=O) groups excluding carboxylic acids is 1. The number of carbonyl (C=O) groups is 1. The molecule has 1 N–H and O–H groups in total. The summed E-state index contributed by atoms with van der Waals surface area (Å²) in [5.41, 5.74) is 1.82. The van der Waals surface area contributed by atoms with Crippen molar-refractivity contribution >= 4 is 11.6 Å². The molecule has 122 valence electrons. The molecule has 0 unspecified atom stereocenters. The summed E-state index contributed by atoms with van der Waals surface area (Å²) < 4.78 is 6.99. The van der Waals surface area contributed by atoms with Crippen LogP contribution in [-0.2, 0) is 10.3 Å². The Morgan fingerprint density at radius 2 is 1.92 bits per heavy atom. The largest absolute Gasteiger partial charge is 0.381 e. The maximum atomic E-state index is 12.8. The quantitative estimate of drug-likeness (QED) is 0.791. The summed E-state index contributed by atoms with van der Waals surface area (Å²) in [5.74, 6) is -0.141. The van der Waals surface area contributed by atoms with Gasteiger partial charge in [0.15, 0.2) is 5.65 Å². The molecule has 1 saturated heterocycles. The molecule has 24 heavy (non-hydrogen) atoms. The number of rotatable bonds is 3. The molecule has 7 nitrogen and oxygen atoms in total. The van der Waals surface area contributed by atoms with E-state index in [4.69, 9.17) is 4.74 Å². The van der Waals surface area contributed by atoms with Crippen molar-refractivity contribution in [2.45, 2.75) is 18.4 Å². The van der Waals surface area contributed by atoms with Gasteiger partial charge in [-0.3, -0.25) is 4.79 Å². The zero-order chi connectivity index (χ0) is 16.4. The summed E-state index contributed by atoms with van der Waals surface area (Å²) in [7, 11) is 0. The normalized spacial score (nSPS) is 16.8. The first-order valence-electron chi connectivity index (χ1n) is 7.90. The second kappa shape index (κ2) is 6.01. The van der Waals surface area contributed by atoms with Gasteiger partial charge in [0.05, 0.1) is 11.1 Å². The summed E-state index contributed by atoms with van der Waals surface area (Å²) in [4.78, 5) is 12.8. The Morgan fingerprint density at radius 1 is 1.12 bits per heavy atom. The Kier molecular flexibility index (Phi) is 3.70. The van der Waals surface area contributed by atoms with E-state index in [2.05, 4.69) is 33.0 Å². The maximum Gasteiger partial charge on any atom is 0.253 e. The van der Waals surface area contributed by atoms with Crippen LogP contribution < -0.4 is 5.32 Å². The van der Waals surface area contributed by atoms with Crippen LogP contribution in [-0.4, -0.2) is 39.2 Å². The fourth-order valence-corrected chi connectivity index (χ4v) is 3.13. The molecule has 1 aliphatic rings. The molecule has 3 aromatic rings. The highest BCUT2D eigenvalue weighted by atomic mass is 16.5. The monoisotopic (exact) mass is 323 g/mol. The Balaban J connectivity index is 1.65. The van der Waals surface area contributed by atoms with Gasteiger partial charge in [0.25, 0.3) is 5.91 Å². The molecule has 4 rings (SSSR count). The van der Waals surface area contributed by atoms with Crippen LogP contribution in [0.25, 0.3) is 5.65 Å². The minimum atomic E-state index is -0.411. The average Bonchev–Trinajstić information content (AvgIpc) is 3.11. The molecule has 1 amide bonds. The van der Waals surface area contributed by atoms with Crippen molar-refractivity contribution in [1.82, 2.24) is 25.4 Å². The number of tetrazole rings is 1. The number of hydrogen-bond acceptors (Lipinski definition) is 5. The van der Waals surface area contributed by atoms with Crippen molar-refractivity contribution in [1.29, 1.82) is 0 Å². The fourth-order valence-electron chi connectivity index (χ4n) is 3.13. The zero-order valence-corrected chi connectivity index (χ0v) is 13.1. The molecule has 0 atom stereocenters. The van der Waals surface area contributed by atoms with E-state index in [9.17, 15) is 4.79 Å². The summed E-state index contributed by atoms with van der Waals surface area (Å²) in [6.45, 7) is 1.25. The third-order valence-corrected chi connectivity index (χ3v) is 4.48. The van der Waals surface area contributed by atoms with Gasteiger partial charge in [-0.2, -0.15) is 4.52 Å². The van der Waals surface area contributed by atoms with Crippen molar-refractivity contribution < 1.29 is 9.53 Å². The van der Waals surface area contributed by atoms with Crippen molar-refractivity contribution in [3.05, 3.63) is 59.8 Å². The number of aromatic nitrogens is 4. The molecule has 0 bridgehead atoms. The van der Waals surface area contributed by atoms with Gasteiger partial charge in [0, 0.05) is 19.4 Å². The number of pyridine rings is 1. The van der Waals surface area contributed by atoms with Crippen LogP contribution in [0.5, 0.6) is 0 Å². The second-order valence-corrected chi connectivity index (χ2v) is 5.91. The SMILES string of the molecule is O=C(NC1(c2ccccc2)CCOCC1)c1ccc2nnnn2c1. The van der Waals surface area contributed by atoms with E-state index >= 15 is 0 Å². The molecule has 1 fully saturated rings. The Hall–Kier alpha value is -2.80. The predicted molar refractivity (Wildman–Crippen MR) is 86.4 cm³/mol. The summed E-state index contributed by atoms with van der Waals surface area (Å²) in [5, 5.41) is 14.5. The highest BCUT2D eigenvalue weighted by Crippen LogP contribution is 2.32. The lowest BCUT2D eigenvalue weighted by molar-refractivity contribution is 0.0345. The number of amides is 1. The van der Waals surface area contributed by atoms with Crippen LogP contribution in [0.15, 0.2) is 48.7 Å². The molecule has 0 aliphatic carbocycles. The van der Waals surface area contributed by atoms with E-state index in [1.54, 1.807) is 18.3 Å². The molecule has 0 radical (unpaired) electrons. The number of nitrogens with one attached hydrogen (secondary N) is 1. The van der Waals surface area contributed by atoms with Crippen LogP contribution >= 0.6 is 0 Å². The third-order valence-electron chi connectivity index (χ3n) is 4.48.